The van der Waals surface area contributed by atoms with Crippen LogP contribution in [0.15, 0.2) is 8.68 Å². The average Bonchev–Trinajstić information content (AvgIpc) is 2.91. The highest BCUT2D eigenvalue weighted by molar-refractivity contribution is 8.03. The van der Waals surface area contributed by atoms with E-state index in [0.717, 1.165) is 21.6 Å². The highest BCUT2D eigenvalue weighted by Crippen LogP contribution is 2.29. The Balaban J connectivity index is 2.65. The van der Waals surface area contributed by atoms with Crippen molar-refractivity contribution < 1.29 is 9.53 Å². The summed E-state index contributed by atoms with van der Waals surface area (Å²) in [6.45, 7) is 6.94. The Labute approximate surface area is 132 Å². The average molecular weight is 336 g/mol. The van der Waals surface area contributed by atoms with E-state index < -0.39 is 5.54 Å². The zero-order valence-corrected chi connectivity index (χ0v) is 14.7. The molecule has 1 rings (SSSR count). The van der Waals surface area contributed by atoms with Gasteiger partial charge < -0.3 is 10.1 Å². The van der Waals surface area contributed by atoms with Crippen LogP contribution < -0.4 is 5.32 Å². The van der Waals surface area contributed by atoms with E-state index in [1.807, 2.05) is 20.1 Å². The SMILES string of the molecule is CCCNC(C)(CSc1nnc(SC)s1)C(=O)OCC. The molecule has 1 atom stereocenters. The predicted octanol–water partition coefficient (Wildman–Crippen LogP) is 2.67. The summed E-state index contributed by atoms with van der Waals surface area (Å²) >= 11 is 4.66. The van der Waals surface area contributed by atoms with Crippen LogP contribution >= 0.6 is 34.9 Å². The summed E-state index contributed by atoms with van der Waals surface area (Å²) in [4.78, 5) is 12.1. The molecule has 0 aromatic carbocycles. The number of esters is 1. The third-order valence-electron chi connectivity index (χ3n) is 2.54. The molecule has 0 radical (unpaired) electrons. The number of carbonyl (C=O) groups is 1. The second-order valence-electron chi connectivity index (χ2n) is 4.31. The summed E-state index contributed by atoms with van der Waals surface area (Å²) in [7, 11) is 0. The van der Waals surface area contributed by atoms with Crippen LogP contribution in [0.2, 0.25) is 0 Å². The zero-order chi connectivity index (χ0) is 15.0. The van der Waals surface area contributed by atoms with Gasteiger partial charge in [0.2, 0.25) is 0 Å². The van der Waals surface area contributed by atoms with E-state index in [4.69, 9.17) is 4.74 Å². The number of thioether (sulfide) groups is 2. The Kier molecular flexibility index (Phi) is 7.86. The summed E-state index contributed by atoms with van der Waals surface area (Å²) in [5.41, 5.74) is -0.693. The van der Waals surface area contributed by atoms with Crippen molar-refractivity contribution in [2.75, 3.05) is 25.2 Å². The van der Waals surface area contributed by atoms with Gasteiger partial charge in [-0.3, -0.25) is 4.79 Å². The van der Waals surface area contributed by atoms with Gasteiger partial charge in [0.25, 0.3) is 0 Å². The van der Waals surface area contributed by atoms with Crippen molar-refractivity contribution in [2.45, 2.75) is 41.4 Å². The third kappa shape index (κ3) is 5.23. The summed E-state index contributed by atoms with van der Waals surface area (Å²) in [6, 6.07) is 0. The Morgan fingerprint density at radius 1 is 1.40 bits per heavy atom. The zero-order valence-electron chi connectivity index (χ0n) is 12.3. The van der Waals surface area contributed by atoms with E-state index >= 15 is 0 Å². The lowest BCUT2D eigenvalue weighted by Gasteiger charge is -2.27. The van der Waals surface area contributed by atoms with Crippen LogP contribution in [-0.4, -0.2) is 46.9 Å². The molecule has 0 aliphatic carbocycles. The molecule has 1 aromatic rings. The number of hydrogen-bond acceptors (Lipinski definition) is 8. The van der Waals surface area contributed by atoms with Crippen LogP contribution in [0.3, 0.4) is 0 Å². The van der Waals surface area contributed by atoms with Crippen molar-refractivity contribution in [3.63, 3.8) is 0 Å². The molecule has 0 spiro atoms. The lowest BCUT2D eigenvalue weighted by molar-refractivity contribution is -0.149. The summed E-state index contributed by atoms with van der Waals surface area (Å²) < 4.78 is 6.98. The van der Waals surface area contributed by atoms with Gasteiger partial charge in [-0.25, -0.2) is 0 Å². The number of hydrogen-bond donors (Lipinski definition) is 1. The van der Waals surface area contributed by atoms with Gasteiger partial charge in [-0.2, -0.15) is 0 Å². The molecule has 1 N–H and O–H groups in total. The maximum Gasteiger partial charge on any atom is 0.326 e. The number of nitrogens with zero attached hydrogens (tertiary/aromatic N) is 2. The number of carbonyl (C=O) groups excluding carboxylic acids is 1. The van der Waals surface area contributed by atoms with Crippen molar-refractivity contribution in [1.82, 2.24) is 15.5 Å². The third-order valence-corrected chi connectivity index (χ3v) is 5.89. The largest absolute Gasteiger partial charge is 0.465 e. The quantitative estimate of drug-likeness (QED) is 0.550. The lowest BCUT2D eigenvalue weighted by atomic mass is 10.1. The van der Waals surface area contributed by atoms with E-state index in [0.29, 0.717) is 12.4 Å². The molecule has 0 aliphatic rings. The van der Waals surface area contributed by atoms with Gasteiger partial charge in [0, 0.05) is 5.75 Å². The monoisotopic (exact) mass is 335 g/mol. The fraction of sp³-hybridized carbons (Fsp3) is 0.750. The normalized spacial score (nSPS) is 14.0. The Morgan fingerprint density at radius 3 is 2.65 bits per heavy atom. The second-order valence-corrected chi connectivity index (χ2v) is 7.56. The predicted molar refractivity (Wildman–Crippen MR) is 85.7 cm³/mol. The van der Waals surface area contributed by atoms with Crippen molar-refractivity contribution in [3.8, 4) is 0 Å². The molecule has 1 unspecified atom stereocenters. The van der Waals surface area contributed by atoms with E-state index in [1.165, 1.54) is 11.8 Å². The minimum absolute atomic E-state index is 0.212. The lowest BCUT2D eigenvalue weighted by Crippen LogP contribution is -2.52. The van der Waals surface area contributed by atoms with Gasteiger partial charge in [-0.05, 0) is 33.1 Å². The molecule has 114 valence electrons. The summed E-state index contributed by atoms with van der Waals surface area (Å²) in [5.74, 6) is 0.366. The number of aromatic nitrogens is 2. The number of nitrogens with one attached hydrogen (secondary N) is 1. The molecule has 0 saturated heterocycles. The molecule has 5 nitrogen and oxygen atoms in total. The van der Waals surface area contributed by atoms with Gasteiger partial charge >= 0.3 is 5.97 Å². The smallest absolute Gasteiger partial charge is 0.326 e. The maximum atomic E-state index is 12.1. The first-order valence-corrected chi connectivity index (χ1v) is 9.51. The maximum absolute atomic E-state index is 12.1. The molecule has 0 saturated carbocycles. The molecule has 1 heterocycles. The number of rotatable bonds is 9. The Morgan fingerprint density at radius 2 is 2.10 bits per heavy atom. The fourth-order valence-corrected chi connectivity index (χ4v) is 3.96. The number of ether oxygens (including phenoxy) is 1. The van der Waals surface area contributed by atoms with Crippen LogP contribution in [0, 0.1) is 0 Å². The first-order valence-electron chi connectivity index (χ1n) is 6.48. The summed E-state index contributed by atoms with van der Waals surface area (Å²) in [5, 5.41) is 11.4. The molecular formula is C12H21N3O2S3. The summed E-state index contributed by atoms with van der Waals surface area (Å²) in [6.07, 6.45) is 2.94. The van der Waals surface area contributed by atoms with Gasteiger partial charge in [0.1, 0.15) is 5.54 Å². The van der Waals surface area contributed by atoms with E-state index in [2.05, 4.69) is 22.4 Å². The molecule has 20 heavy (non-hydrogen) atoms. The molecular weight excluding hydrogens is 314 g/mol. The van der Waals surface area contributed by atoms with E-state index in [1.54, 1.807) is 23.1 Å². The van der Waals surface area contributed by atoms with Crippen LogP contribution in [-0.2, 0) is 9.53 Å². The Hall–Kier alpha value is -0.310. The topological polar surface area (TPSA) is 64.1 Å². The highest BCUT2D eigenvalue weighted by Gasteiger charge is 2.34. The van der Waals surface area contributed by atoms with Crippen molar-refractivity contribution >= 4 is 40.8 Å². The fourth-order valence-electron chi connectivity index (χ4n) is 1.42. The molecule has 0 bridgehead atoms. The molecule has 0 aliphatic heterocycles. The van der Waals surface area contributed by atoms with Gasteiger partial charge in [-0.15, -0.1) is 10.2 Å². The Bertz CT molecular complexity index is 428. The van der Waals surface area contributed by atoms with Gasteiger partial charge in [-0.1, -0.05) is 41.8 Å². The minimum Gasteiger partial charge on any atom is -0.465 e. The van der Waals surface area contributed by atoms with Crippen molar-refractivity contribution in [3.05, 3.63) is 0 Å². The molecule has 8 heteroatoms. The van der Waals surface area contributed by atoms with Gasteiger partial charge in [0.05, 0.1) is 6.61 Å². The highest BCUT2D eigenvalue weighted by atomic mass is 32.2. The van der Waals surface area contributed by atoms with Crippen LogP contribution in [0.5, 0.6) is 0 Å². The standard InChI is InChI=1S/C12H21N3O2S3/c1-5-7-13-12(3,9(16)17-6-2)8-19-11-15-14-10(18-4)20-11/h13H,5-8H2,1-4H3. The van der Waals surface area contributed by atoms with Gasteiger partial charge in [0.15, 0.2) is 8.68 Å². The van der Waals surface area contributed by atoms with Crippen LogP contribution in [0.25, 0.3) is 0 Å². The van der Waals surface area contributed by atoms with Crippen LogP contribution in [0.4, 0.5) is 0 Å². The van der Waals surface area contributed by atoms with Crippen molar-refractivity contribution in [2.24, 2.45) is 0 Å². The van der Waals surface area contributed by atoms with Crippen LogP contribution in [0.1, 0.15) is 27.2 Å². The van der Waals surface area contributed by atoms with E-state index in [-0.39, 0.29) is 5.97 Å². The first-order chi connectivity index (χ1) is 9.55. The van der Waals surface area contributed by atoms with E-state index in [9.17, 15) is 4.79 Å². The molecule has 0 amide bonds. The second kappa shape index (κ2) is 8.86. The molecule has 1 aromatic heterocycles. The van der Waals surface area contributed by atoms with Crippen molar-refractivity contribution in [1.29, 1.82) is 0 Å². The molecule has 0 fully saturated rings. The first kappa shape index (κ1) is 17.7. The minimum atomic E-state index is -0.693.